The second-order valence-electron chi connectivity index (χ2n) is 6.50. The summed E-state index contributed by atoms with van der Waals surface area (Å²) < 4.78 is 10.5. The summed E-state index contributed by atoms with van der Waals surface area (Å²) in [5, 5.41) is 5.32. The average Bonchev–Trinajstić information content (AvgIpc) is 3.45. The topological polar surface area (TPSA) is 117 Å². The maximum absolute atomic E-state index is 12.6. The first-order valence-corrected chi connectivity index (χ1v) is 11.9. The van der Waals surface area contributed by atoms with E-state index in [1.54, 1.807) is 32.1 Å². The lowest BCUT2D eigenvalue weighted by molar-refractivity contribution is 0.0466. The summed E-state index contributed by atoms with van der Waals surface area (Å²) in [6.45, 7) is 5.43. The van der Waals surface area contributed by atoms with Gasteiger partial charge in [0.25, 0.3) is 0 Å². The largest absolute Gasteiger partial charge is 0.462 e. The molecule has 0 aromatic carbocycles. The third-order valence-corrected chi connectivity index (χ3v) is 7.44. The summed E-state index contributed by atoms with van der Waals surface area (Å²) in [4.78, 5) is 39.3. The number of carbonyl (C=O) groups excluding carboxylic acids is 2. The van der Waals surface area contributed by atoms with Crippen molar-refractivity contribution < 1.29 is 19.1 Å². The van der Waals surface area contributed by atoms with Crippen LogP contribution in [0.1, 0.15) is 43.3 Å². The number of fused-ring (bicyclic) bond motifs is 1. The molecule has 0 atom stereocenters. The average molecular weight is 475 g/mol. The number of hydrogen-bond donors (Lipinski definition) is 1. The monoisotopic (exact) mass is 474 g/mol. The van der Waals surface area contributed by atoms with Gasteiger partial charge in [0, 0.05) is 10.9 Å². The van der Waals surface area contributed by atoms with Gasteiger partial charge in [-0.3, -0.25) is 0 Å². The van der Waals surface area contributed by atoms with Gasteiger partial charge in [-0.25, -0.2) is 24.5 Å². The third kappa shape index (κ3) is 4.16. The van der Waals surface area contributed by atoms with Gasteiger partial charge in [0.05, 0.1) is 17.7 Å². The zero-order chi connectivity index (χ0) is 22.1. The van der Waals surface area contributed by atoms with Gasteiger partial charge in [0.2, 0.25) is 0 Å². The maximum atomic E-state index is 12.6. The maximum Gasteiger partial charge on any atom is 0.350 e. The Morgan fingerprint density at radius 1 is 1.06 bits per heavy atom. The normalized spacial score (nSPS) is 11.1. The highest BCUT2D eigenvalue weighted by Gasteiger charge is 2.22. The number of carbonyl (C=O) groups is 2. The fraction of sp³-hybridized carbons (Fsp3) is 0.250. The highest BCUT2D eigenvalue weighted by Crippen LogP contribution is 2.33. The van der Waals surface area contributed by atoms with E-state index in [9.17, 15) is 9.59 Å². The molecule has 160 valence electrons. The van der Waals surface area contributed by atoms with E-state index in [-0.39, 0.29) is 24.9 Å². The van der Waals surface area contributed by atoms with E-state index in [0.29, 0.717) is 31.2 Å². The van der Waals surface area contributed by atoms with Crippen molar-refractivity contribution in [2.75, 3.05) is 12.3 Å². The molecule has 4 heterocycles. The Kier molecular flexibility index (Phi) is 5.99. The highest BCUT2D eigenvalue weighted by atomic mass is 32.1. The number of rotatable bonds is 6. The van der Waals surface area contributed by atoms with Crippen LogP contribution in [0.25, 0.3) is 20.8 Å². The van der Waals surface area contributed by atoms with Crippen molar-refractivity contribution in [3.05, 3.63) is 43.7 Å². The van der Waals surface area contributed by atoms with Crippen molar-refractivity contribution >= 4 is 62.0 Å². The molecule has 0 saturated carbocycles. The molecule has 0 radical (unpaired) electrons. The van der Waals surface area contributed by atoms with Crippen molar-refractivity contribution in [1.82, 2.24) is 15.0 Å². The Morgan fingerprint density at radius 3 is 2.55 bits per heavy atom. The molecule has 0 fully saturated rings. The number of aromatic nitrogens is 3. The Bertz CT molecular complexity index is 1280. The van der Waals surface area contributed by atoms with Gasteiger partial charge in [-0.15, -0.1) is 22.7 Å². The van der Waals surface area contributed by atoms with E-state index >= 15 is 0 Å². The number of aryl methyl sites for hydroxylation is 2. The van der Waals surface area contributed by atoms with Crippen molar-refractivity contribution in [1.29, 1.82) is 0 Å². The number of ether oxygens (including phenoxy) is 2. The molecule has 0 aliphatic carbocycles. The molecule has 0 aliphatic heterocycles. The van der Waals surface area contributed by atoms with E-state index in [4.69, 9.17) is 15.2 Å². The Balaban J connectivity index is 1.54. The minimum atomic E-state index is -0.492. The second-order valence-corrected chi connectivity index (χ2v) is 9.28. The van der Waals surface area contributed by atoms with Crippen LogP contribution < -0.4 is 5.73 Å². The molecule has 0 bridgehead atoms. The molecule has 0 amide bonds. The summed E-state index contributed by atoms with van der Waals surface area (Å²) in [6, 6.07) is 1.96. The standard InChI is InChI=1S/C20H18N4O4S3/c1-4-27-19(25)14-9(2)13-16(21)23-12(24-18(13)30-14)7-28-20(26)15-10(3)22-17(31-15)11-5-6-29-8-11/h5-6,8H,4,7H2,1-3H3,(H2,21,23,24). The van der Waals surface area contributed by atoms with Gasteiger partial charge in [-0.1, -0.05) is 0 Å². The summed E-state index contributed by atoms with van der Waals surface area (Å²) in [6.07, 6.45) is 0. The van der Waals surface area contributed by atoms with E-state index in [1.165, 1.54) is 22.7 Å². The van der Waals surface area contributed by atoms with Crippen molar-refractivity contribution in [3.8, 4) is 10.6 Å². The molecule has 0 saturated heterocycles. The first kappa shape index (κ1) is 21.3. The number of nitrogens with zero attached hydrogens (tertiary/aromatic N) is 3. The summed E-state index contributed by atoms with van der Waals surface area (Å²) >= 11 is 4.04. The van der Waals surface area contributed by atoms with Crippen LogP contribution in [0, 0.1) is 13.8 Å². The number of esters is 2. The molecule has 4 aromatic heterocycles. The zero-order valence-corrected chi connectivity index (χ0v) is 19.4. The predicted octanol–water partition coefficient (Wildman–Crippen LogP) is 4.61. The summed E-state index contributed by atoms with van der Waals surface area (Å²) in [5.41, 5.74) is 8.37. The van der Waals surface area contributed by atoms with Crippen LogP contribution in [0.4, 0.5) is 5.82 Å². The quantitative estimate of drug-likeness (QED) is 0.403. The fourth-order valence-electron chi connectivity index (χ4n) is 2.96. The van der Waals surface area contributed by atoms with Crippen molar-refractivity contribution in [3.63, 3.8) is 0 Å². The highest BCUT2D eigenvalue weighted by molar-refractivity contribution is 7.20. The molecule has 2 N–H and O–H groups in total. The first-order valence-electron chi connectivity index (χ1n) is 9.28. The number of nitrogen functional groups attached to an aromatic ring is 1. The van der Waals surface area contributed by atoms with Crippen LogP contribution in [0.15, 0.2) is 16.8 Å². The van der Waals surface area contributed by atoms with Crippen LogP contribution in [-0.2, 0) is 16.1 Å². The summed E-state index contributed by atoms with van der Waals surface area (Å²) in [5.74, 6) is -0.421. The van der Waals surface area contributed by atoms with E-state index < -0.39 is 11.9 Å². The lowest BCUT2D eigenvalue weighted by Crippen LogP contribution is -2.08. The van der Waals surface area contributed by atoms with E-state index in [1.807, 2.05) is 16.8 Å². The molecule has 11 heteroatoms. The molecular formula is C20H18N4O4S3. The van der Waals surface area contributed by atoms with E-state index in [0.717, 1.165) is 10.6 Å². The molecule has 0 spiro atoms. The number of nitrogens with two attached hydrogens (primary N) is 1. The van der Waals surface area contributed by atoms with Crippen molar-refractivity contribution in [2.45, 2.75) is 27.4 Å². The van der Waals surface area contributed by atoms with Crippen molar-refractivity contribution in [2.24, 2.45) is 0 Å². The minimum Gasteiger partial charge on any atom is -0.462 e. The number of hydrogen-bond acceptors (Lipinski definition) is 11. The number of anilines is 1. The van der Waals surface area contributed by atoms with Gasteiger partial charge in [-0.05, 0) is 37.8 Å². The number of thiazole rings is 1. The third-order valence-electron chi connectivity index (χ3n) is 4.41. The zero-order valence-electron chi connectivity index (χ0n) is 16.9. The molecule has 0 aliphatic rings. The predicted molar refractivity (Wildman–Crippen MR) is 122 cm³/mol. The Morgan fingerprint density at radius 2 is 1.84 bits per heavy atom. The lowest BCUT2D eigenvalue weighted by atomic mass is 10.2. The minimum absolute atomic E-state index is 0.143. The Hall–Kier alpha value is -2.89. The van der Waals surface area contributed by atoms with Crippen LogP contribution in [0.3, 0.4) is 0 Å². The second kappa shape index (κ2) is 8.69. The SMILES string of the molecule is CCOC(=O)c1sc2nc(COC(=O)c3sc(-c4ccsc4)nc3C)nc(N)c2c1C. The van der Waals surface area contributed by atoms with Crippen LogP contribution in [-0.4, -0.2) is 33.5 Å². The molecule has 8 nitrogen and oxygen atoms in total. The molecule has 0 unspecified atom stereocenters. The Labute approximate surface area is 189 Å². The lowest BCUT2D eigenvalue weighted by Gasteiger charge is -2.05. The molecule has 4 aromatic rings. The van der Waals surface area contributed by atoms with E-state index in [2.05, 4.69) is 15.0 Å². The summed E-state index contributed by atoms with van der Waals surface area (Å²) in [7, 11) is 0. The van der Waals surface area contributed by atoms with Crippen LogP contribution in [0.5, 0.6) is 0 Å². The van der Waals surface area contributed by atoms with Crippen LogP contribution >= 0.6 is 34.0 Å². The van der Waals surface area contributed by atoms with Crippen LogP contribution in [0.2, 0.25) is 0 Å². The smallest absolute Gasteiger partial charge is 0.350 e. The fourth-order valence-corrected chi connectivity index (χ4v) is 5.74. The van der Waals surface area contributed by atoms with Gasteiger partial charge in [0.15, 0.2) is 12.4 Å². The van der Waals surface area contributed by atoms with Gasteiger partial charge < -0.3 is 15.2 Å². The van der Waals surface area contributed by atoms with Gasteiger partial charge in [-0.2, -0.15) is 11.3 Å². The number of thiophene rings is 2. The first-order chi connectivity index (χ1) is 14.9. The molecular weight excluding hydrogens is 456 g/mol. The molecule has 31 heavy (non-hydrogen) atoms. The van der Waals surface area contributed by atoms with Gasteiger partial charge in [0.1, 0.15) is 25.4 Å². The van der Waals surface area contributed by atoms with Gasteiger partial charge >= 0.3 is 11.9 Å². The molecule has 4 rings (SSSR count).